The van der Waals surface area contributed by atoms with Gasteiger partial charge in [-0.3, -0.25) is 0 Å². The van der Waals surface area contributed by atoms with Crippen molar-refractivity contribution < 1.29 is 21.7 Å². The van der Waals surface area contributed by atoms with E-state index >= 15 is 0 Å². The van der Waals surface area contributed by atoms with E-state index < -0.39 is 0 Å². The number of hydrogen-bond acceptors (Lipinski definition) is 1. The Hall–Kier alpha value is 0.946. The SMILES string of the molecule is C1CCOC1.C=[CH][Mg+].[Br-]. The van der Waals surface area contributed by atoms with Gasteiger partial charge in [0.05, 0.1) is 0 Å². The standard InChI is InChI=1S/C4H8O.C2H3.BrH.Mg/c1-2-4-5-3-1;1-2;;/h1-4H2;1H,2H2;1H;/q;;;+1/p-1. The Morgan fingerprint density at radius 3 is 1.78 bits per heavy atom. The summed E-state index contributed by atoms with van der Waals surface area (Å²) in [7, 11) is 0. The van der Waals surface area contributed by atoms with Crippen LogP contribution in [0.3, 0.4) is 0 Å². The van der Waals surface area contributed by atoms with Gasteiger partial charge in [-0.1, -0.05) is 0 Å². The molecule has 1 saturated heterocycles. The maximum atomic E-state index is 4.94. The van der Waals surface area contributed by atoms with Crippen LogP contribution in [0.25, 0.3) is 0 Å². The topological polar surface area (TPSA) is 9.23 Å². The first-order valence-corrected chi connectivity index (χ1v) is 3.71. The van der Waals surface area contributed by atoms with Gasteiger partial charge in [0.2, 0.25) is 0 Å². The van der Waals surface area contributed by atoms with E-state index in [1.807, 2.05) is 0 Å². The summed E-state index contributed by atoms with van der Waals surface area (Å²) < 4.78 is 6.72. The first kappa shape index (κ1) is 12.6. The van der Waals surface area contributed by atoms with E-state index in [0.29, 0.717) is 0 Å². The molecule has 0 N–H and O–H groups in total. The molecule has 1 rings (SSSR count). The molecule has 3 heteroatoms. The second kappa shape index (κ2) is 11.7. The molecule has 0 aromatic rings. The molecule has 1 aliphatic rings. The van der Waals surface area contributed by atoms with E-state index in [-0.39, 0.29) is 17.0 Å². The van der Waals surface area contributed by atoms with Gasteiger partial charge in [-0.15, -0.1) is 0 Å². The molecule has 1 aliphatic heterocycles. The molecule has 0 radical (unpaired) electrons. The molecule has 0 spiro atoms. The fraction of sp³-hybridized carbons (Fsp3) is 0.667. The van der Waals surface area contributed by atoms with Gasteiger partial charge in [-0.2, -0.15) is 0 Å². The number of rotatable bonds is 0. The van der Waals surface area contributed by atoms with Crippen molar-refractivity contribution in [2.24, 2.45) is 0 Å². The van der Waals surface area contributed by atoms with Crippen LogP contribution in [0.5, 0.6) is 0 Å². The predicted molar refractivity (Wildman–Crippen MR) is 36.0 cm³/mol. The molecule has 1 nitrogen and oxygen atoms in total. The fourth-order valence-electron chi connectivity index (χ4n) is 0.510. The van der Waals surface area contributed by atoms with Gasteiger partial charge in [0.1, 0.15) is 0 Å². The third-order valence-corrected chi connectivity index (χ3v) is 0.827. The fourth-order valence-corrected chi connectivity index (χ4v) is 0.510. The molecular weight excluding hydrogens is 192 g/mol. The van der Waals surface area contributed by atoms with Crippen molar-refractivity contribution in [1.82, 2.24) is 0 Å². The number of ether oxygens (including phenoxy) is 1. The zero-order valence-corrected chi connectivity index (χ0v) is 8.61. The molecule has 1 heterocycles. The molecule has 0 amide bonds. The van der Waals surface area contributed by atoms with E-state index in [2.05, 4.69) is 6.58 Å². The van der Waals surface area contributed by atoms with Crippen molar-refractivity contribution in [2.45, 2.75) is 12.8 Å². The number of hydrogen-bond donors (Lipinski definition) is 0. The second-order valence-corrected chi connectivity index (χ2v) is 2.19. The normalized spacial score (nSPS) is 14.9. The maximum Gasteiger partial charge on any atom is -1.00 e. The molecular formula is C6H11BrMgO. The first-order valence-electron chi connectivity index (χ1n) is 2.89. The van der Waals surface area contributed by atoms with Gasteiger partial charge in [-0.25, -0.2) is 0 Å². The summed E-state index contributed by atoms with van der Waals surface area (Å²) in [6.45, 7) is 5.37. The Bertz CT molecular complexity index is 47.4. The first-order chi connectivity index (χ1) is 3.91. The summed E-state index contributed by atoms with van der Waals surface area (Å²) in [6.07, 6.45) is 2.56. The van der Waals surface area contributed by atoms with Crippen LogP contribution in [-0.4, -0.2) is 34.9 Å². The van der Waals surface area contributed by atoms with Crippen molar-refractivity contribution in [1.29, 1.82) is 0 Å². The van der Waals surface area contributed by atoms with Crippen molar-refractivity contribution >= 4 is 21.7 Å². The molecule has 0 aliphatic carbocycles. The van der Waals surface area contributed by atoms with Gasteiger partial charge in [0.25, 0.3) is 0 Å². The minimum Gasteiger partial charge on any atom is -1.00 e. The Balaban J connectivity index is 0. The van der Waals surface area contributed by atoms with Gasteiger partial charge in [-0.05, 0) is 12.8 Å². The van der Waals surface area contributed by atoms with Crippen molar-refractivity contribution in [3.63, 3.8) is 0 Å². The Labute approximate surface area is 80.1 Å². The third kappa shape index (κ3) is 12.2. The summed E-state index contributed by atoms with van der Waals surface area (Å²) in [5.74, 6) is 0. The number of halogens is 1. The zero-order valence-electron chi connectivity index (χ0n) is 5.61. The van der Waals surface area contributed by atoms with E-state index in [0.717, 1.165) is 13.2 Å². The zero-order chi connectivity index (χ0) is 6.24. The van der Waals surface area contributed by atoms with Crippen LogP contribution < -0.4 is 17.0 Å². The summed E-state index contributed by atoms with van der Waals surface area (Å²) >= 11 is 1.74. The summed E-state index contributed by atoms with van der Waals surface area (Å²) in [5, 5.41) is 0. The molecule has 0 aromatic heterocycles. The molecule has 0 atom stereocenters. The van der Waals surface area contributed by atoms with Crippen LogP contribution in [0, 0.1) is 0 Å². The summed E-state index contributed by atoms with van der Waals surface area (Å²) in [6, 6.07) is 0. The van der Waals surface area contributed by atoms with Crippen LogP contribution >= 0.6 is 0 Å². The molecule has 0 bridgehead atoms. The minimum absolute atomic E-state index is 0. The molecule has 0 unspecified atom stereocenters. The summed E-state index contributed by atoms with van der Waals surface area (Å²) in [4.78, 5) is 0. The van der Waals surface area contributed by atoms with E-state index in [9.17, 15) is 0 Å². The molecule has 0 aromatic carbocycles. The molecule has 9 heavy (non-hydrogen) atoms. The van der Waals surface area contributed by atoms with Crippen LogP contribution in [0.1, 0.15) is 12.8 Å². The molecule has 50 valence electrons. The monoisotopic (exact) mass is 202 g/mol. The Morgan fingerprint density at radius 2 is 1.67 bits per heavy atom. The summed E-state index contributed by atoms with van der Waals surface area (Å²) in [5.41, 5.74) is 0. The predicted octanol–water partition coefficient (Wildman–Crippen LogP) is -1.90. The average Bonchev–Trinajstić information content (AvgIpc) is 2.17. The van der Waals surface area contributed by atoms with Crippen molar-refractivity contribution in [3.8, 4) is 0 Å². The largest absolute Gasteiger partial charge is 1.00 e. The van der Waals surface area contributed by atoms with Crippen LogP contribution in [0.15, 0.2) is 10.8 Å². The van der Waals surface area contributed by atoms with E-state index in [4.69, 9.17) is 4.74 Å². The second-order valence-electron chi connectivity index (χ2n) is 1.61. The van der Waals surface area contributed by atoms with Crippen molar-refractivity contribution in [3.05, 3.63) is 10.8 Å². The quantitative estimate of drug-likeness (QED) is 0.418. The van der Waals surface area contributed by atoms with Crippen molar-refractivity contribution in [2.75, 3.05) is 13.2 Å². The minimum atomic E-state index is 0. The Kier molecular flexibility index (Phi) is 16.4. The molecule has 0 saturated carbocycles. The van der Waals surface area contributed by atoms with Gasteiger partial charge in [0.15, 0.2) is 0 Å². The van der Waals surface area contributed by atoms with E-state index in [1.165, 1.54) is 12.8 Å². The average molecular weight is 203 g/mol. The van der Waals surface area contributed by atoms with E-state index in [1.54, 1.807) is 25.9 Å². The van der Waals surface area contributed by atoms with Gasteiger partial charge >= 0.3 is 32.5 Å². The third-order valence-electron chi connectivity index (χ3n) is 0.827. The maximum absolute atomic E-state index is 4.94. The molecule has 1 fully saturated rings. The van der Waals surface area contributed by atoms with Crippen LogP contribution in [0.2, 0.25) is 0 Å². The van der Waals surface area contributed by atoms with Crippen LogP contribution in [0.4, 0.5) is 0 Å². The van der Waals surface area contributed by atoms with Crippen LogP contribution in [-0.2, 0) is 4.74 Å². The van der Waals surface area contributed by atoms with Gasteiger partial charge < -0.3 is 21.7 Å². The Morgan fingerprint density at radius 1 is 1.33 bits per heavy atom. The van der Waals surface area contributed by atoms with Gasteiger partial charge in [0, 0.05) is 13.2 Å². The smallest absolute Gasteiger partial charge is 1.00 e.